The number of ether oxygens (including phenoxy) is 1. The summed E-state index contributed by atoms with van der Waals surface area (Å²) >= 11 is 1.37. The molecular weight excluding hydrogens is 310 g/mol. The molecule has 1 atom stereocenters. The number of aryl methyl sites for hydroxylation is 1. The molecule has 0 saturated carbocycles. The minimum atomic E-state index is -0.0613. The van der Waals surface area contributed by atoms with Crippen LogP contribution < -0.4 is 5.32 Å². The van der Waals surface area contributed by atoms with Crippen molar-refractivity contribution in [2.45, 2.75) is 19.6 Å². The number of amides is 1. The first-order valence-electron chi connectivity index (χ1n) is 7.78. The summed E-state index contributed by atoms with van der Waals surface area (Å²) in [6.07, 6.45) is 0.0321. The van der Waals surface area contributed by atoms with E-state index in [0.29, 0.717) is 18.0 Å². The zero-order chi connectivity index (χ0) is 16.1. The molecule has 0 spiro atoms. The van der Waals surface area contributed by atoms with Crippen LogP contribution in [0.25, 0.3) is 0 Å². The Balaban J connectivity index is 1.49. The third-order valence-electron chi connectivity index (χ3n) is 3.91. The van der Waals surface area contributed by atoms with Gasteiger partial charge in [-0.3, -0.25) is 9.69 Å². The average Bonchev–Trinajstić information content (AvgIpc) is 3.00. The fourth-order valence-electron chi connectivity index (χ4n) is 2.70. The fourth-order valence-corrected chi connectivity index (χ4v) is 3.41. The van der Waals surface area contributed by atoms with Crippen LogP contribution in [0.3, 0.4) is 0 Å². The van der Waals surface area contributed by atoms with Crippen LogP contribution in [-0.2, 0) is 11.3 Å². The van der Waals surface area contributed by atoms with E-state index in [1.54, 1.807) is 5.51 Å². The van der Waals surface area contributed by atoms with Gasteiger partial charge in [0.25, 0.3) is 5.91 Å². The molecule has 1 unspecified atom stereocenters. The maximum absolute atomic E-state index is 12.1. The number of hydrogen-bond acceptors (Lipinski definition) is 5. The lowest BCUT2D eigenvalue weighted by atomic mass is 10.2. The maximum atomic E-state index is 12.1. The largest absolute Gasteiger partial charge is 0.374 e. The summed E-state index contributed by atoms with van der Waals surface area (Å²) in [5.74, 6) is -0.0613. The van der Waals surface area contributed by atoms with Crippen LogP contribution in [0.15, 0.2) is 35.8 Å². The first-order valence-corrected chi connectivity index (χ1v) is 8.66. The van der Waals surface area contributed by atoms with Gasteiger partial charge in [0.15, 0.2) is 0 Å². The van der Waals surface area contributed by atoms with Crippen LogP contribution in [-0.4, -0.2) is 48.1 Å². The van der Waals surface area contributed by atoms with Gasteiger partial charge in [-0.2, -0.15) is 0 Å². The molecule has 3 rings (SSSR count). The molecule has 5 nitrogen and oxygen atoms in total. The van der Waals surface area contributed by atoms with Crippen molar-refractivity contribution in [1.82, 2.24) is 15.2 Å². The first-order chi connectivity index (χ1) is 11.2. The Bertz CT molecular complexity index is 644. The lowest BCUT2D eigenvalue weighted by Gasteiger charge is -2.33. The molecule has 23 heavy (non-hydrogen) atoms. The summed E-state index contributed by atoms with van der Waals surface area (Å²) in [5.41, 5.74) is 3.78. The summed E-state index contributed by atoms with van der Waals surface area (Å²) < 4.78 is 5.78. The van der Waals surface area contributed by atoms with Crippen molar-refractivity contribution >= 4 is 17.2 Å². The fraction of sp³-hybridized carbons (Fsp3) is 0.412. The molecule has 1 aliphatic rings. The number of nitrogens with one attached hydrogen (secondary N) is 1. The predicted octanol–water partition coefficient (Wildman–Crippen LogP) is 2.08. The number of benzene rings is 1. The van der Waals surface area contributed by atoms with Crippen molar-refractivity contribution in [1.29, 1.82) is 0 Å². The molecule has 1 aliphatic heterocycles. The van der Waals surface area contributed by atoms with Crippen molar-refractivity contribution in [2.75, 3.05) is 26.2 Å². The van der Waals surface area contributed by atoms with Gasteiger partial charge in [-0.1, -0.05) is 30.3 Å². The Morgan fingerprint density at radius 1 is 1.43 bits per heavy atom. The molecule has 1 aromatic heterocycles. The van der Waals surface area contributed by atoms with E-state index in [1.807, 2.05) is 13.0 Å². The smallest absolute Gasteiger partial charge is 0.263 e. The van der Waals surface area contributed by atoms with Crippen molar-refractivity contribution in [3.63, 3.8) is 0 Å². The van der Waals surface area contributed by atoms with Gasteiger partial charge in [0.05, 0.1) is 23.9 Å². The van der Waals surface area contributed by atoms with Gasteiger partial charge in [0.2, 0.25) is 0 Å². The Hall–Kier alpha value is -1.76. The van der Waals surface area contributed by atoms with E-state index in [2.05, 4.69) is 39.5 Å². The number of carbonyl (C=O) groups is 1. The second kappa shape index (κ2) is 7.68. The van der Waals surface area contributed by atoms with E-state index in [9.17, 15) is 4.79 Å². The normalized spacial score (nSPS) is 18.7. The molecule has 122 valence electrons. The van der Waals surface area contributed by atoms with Gasteiger partial charge >= 0.3 is 0 Å². The van der Waals surface area contributed by atoms with E-state index in [1.165, 1.54) is 16.9 Å². The van der Waals surface area contributed by atoms with Crippen LogP contribution in [0.2, 0.25) is 0 Å². The minimum Gasteiger partial charge on any atom is -0.374 e. The van der Waals surface area contributed by atoms with Crippen molar-refractivity contribution < 1.29 is 9.53 Å². The van der Waals surface area contributed by atoms with E-state index in [4.69, 9.17) is 4.74 Å². The van der Waals surface area contributed by atoms with Gasteiger partial charge in [0.1, 0.15) is 4.88 Å². The molecule has 1 fully saturated rings. The van der Waals surface area contributed by atoms with Gasteiger partial charge in [-0.25, -0.2) is 4.98 Å². The maximum Gasteiger partial charge on any atom is 0.263 e. The molecule has 0 radical (unpaired) electrons. The summed E-state index contributed by atoms with van der Waals surface area (Å²) in [6, 6.07) is 10.4. The Labute approximate surface area is 140 Å². The summed E-state index contributed by atoms with van der Waals surface area (Å²) in [7, 11) is 0. The molecule has 1 N–H and O–H groups in total. The highest BCUT2D eigenvalue weighted by atomic mass is 32.1. The molecule has 2 aromatic rings. The molecule has 0 bridgehead atoms. The van der Waals surface area contributed by atoms with Crippen molar-refractivity contribution in [3.8, 4) is 0 Å². The monoisotopic (exact) mass is 331 g/mol. The second-order valence-corrected chi connectivity index (χ2v) is 6.55. The summed E-state index contributed by atoms with van der Waals surface area (Å²) in [4.78, 5) is 19.3. The Morgan fingerprint density at radius 2 is 2.26 bits per heavy atom. The third-order valence-corrected chi connectivity index (χ3v) is 4.84. The van der Waals surface area contributed by atoms with E-state index < -0.39 is 0 Å². The third kappa shape index (κ3) is 4.37. The predicted molar refractivity (Wildman–Crippen MR) is 90.6 cm³/mol. The highest BCUT2D eigenvalue weighted by Crippen LogP contribution is 2.13. The SMILES string of the molecule is Cc1ncsc1C(=O)NCC1CN(Cc2ccccc2)CCO1. The summed E-state index contributed by atoms with van der Waals surface area (Å²) in [6.45, 7) is 5.76. The molecule has 2 heterocycles. The molecule has 1 saturated heterocycles. The van der Waals surface area contributed by atoms with Gasteiger partial charge < -0.3 is 10.1 Å². The van der Waals surface area contributed by atoms with Crippen molar-refractivity contribution in [2.24, 2.45) is 0 Å². The molecule has 6 heteroatoms. The van der Waals surface area contributed by atoms with Crippen LogP contribution in [0.1, 0.15) is 20.9 Å². The quantitative estimate of drug-likeness (QED) is 0.911. The minimum absolute atomic E-state index is 0.0321. The van der Waals surface area contributed by atoms with E-state index in [0.717, 1.165) is 25.3 Å². The van der Waals surface area contributed by atoms with Gasteiger partial charge in [-0.15, -0.1) is 11.3 Å². The highest BCUT2D eigenvalue weighted by molar-refractivity contribution is 7.11. The van der Waals surface area contributed by atoms with E-state index in [-0.39, 0.29) is 12.0 Å². The number of nitrogens with zero attached hydrogens (tertiary/aromatic N) is 2. The lowest BCUT2D eigenvalue weighted by molar-refractivity contribution is -0.0292. The zero-order valence-electron chi connectivity index (χ0n) is 13.2. The number of carbonyl (C=O) groups excluding carboxylic acids is 1. The molecule has 0 aliphatic carbocycles. The van der Waals surface area contributed by atoms with Crippen LogP contribution in [0.4, 0.5) is 0 Å². The average molecular weight is 331 g/mol. The number of thiazole rings is 1. The van der Waals surface area contributed by atoms with Gasteiger partial charge in [0, 0.05) is 26.2 Å². The topological polar surface area (TPSA) is 54.5 Å². The lowest BCUT2D eigenvalue weighted by Crippen LogP contribution is -2.47. The van der Waals surface area contributed by atoms with Crippen LogP contribution in [0, 0.1) is 6.92 Å². The Kier molecular flexibility index (Phi) is 5.38. The number of hydrogen-bond donors (Lipinski definition) is 1. The number of morpholine rings is 1. The van der Waals surface area contributed by atoms with Crippen molar-refractivity contribution in [3.05, 3.63) is 52.0 Å². The molecular formula is C17H21N3O2S. The second-order valence-electron chi connectivity index (χ2n) is 5.69. The summed E-state index contributed by atoms with van der Waals surface area (Å²) in [5, 5.41) is 2.96. The number of aromatic nitrogens is 1. The zero-order valence-corrected chi connectivity index (χ0v) is 14.0. The van der Waals surface area contributed by atoms with Gasteiger partial charge in [-0.05, 0) is 12.5 Å². The Morgan fingerprint density at radius 3 is 3.00 bits per heavy atom. The number of rotatable bonds is 5. The standard InChI is InChI=1S/C17H21N3O2S/c1-13-16(23-12-19-13)17(21)18-9-15-11-20(7-8-22-15)10-14-5-3-2-4-6-14/h2-6,12,15H,7-11H2,1H3,(H,18,21). The highest BCUT2D eigenvalue weighted by Gasteiger charge is 2.22. The molecule has 1 amide bonds. The first kappa shape index (κ1) is 16.1. The van der Waals surface area contributed by atoms with Crippen LogP contribution in [0.5, 0.6) is 0 Å². The molecule has 1 aromatic carbocycles. The van der Waals surface area contributed by atoms with E-state index >= 15 is 0 Å². The van der Waals surface area contributed by atoms with Crippen LogP contribution >= 0.6 is 11.3 Å².